The van der Waals surface area contributed by atoms with Crippen LogP contribution in [-0.4, -0.2) is 56.8 Å². The highest BCUT2D eigenvalue weighted by Crippen LogP contribution is 2.37. The molecule has 0 unspecified atom stereocenters. The average Bonchev–Trinajstić information content (AvgIpc) is 2.72. The smallest absolute Gasteiger partial charge is 0.446 e. The van der Waals surface area contributed by atoms with Gasteiger partial charge in [-0.05, 0) is 42.1 Å². The van der Waals surface area contributed by atoms with E-state index < -0.39 is 5.51 Å². The number of hydrogen-bond acceptors (Lipinski definition) is 5. The van der Waals surface area contributed by atoms with E-state index in [1.807, 2.05) is 12.1 Å². The zero-order chi connectivity index (χ0) is 21.7. The van der Waals surface area contributed by atoms with Crippen molar-refractivity contribution in [2.75, 3.05) is 50.6 Å². The highest BCUT2D eigenvalue weighted by Gasteiger charge is 2.29. The molecule has 0 radical (unpaired) electrons. The Balaban J connectivity index is 1.59. The largest absolute Gasteiger partial charge is 0.497 e. The van der Waals surface area contributed by atoms with Crippen molar-refractivity contribution >= 4 is 29.2 Å². The van der Waals surface area contributed by atoms with E-state index in [2.05, 4.69) is 10.2 Å². The van der Waals surface area contributed by atoms with Crippen LogP contribution in [0.15, 0.2) is 47.4 Å². The molecule has 0 aromatic heterocycles. The molecule has 0 spiro atoms. The third-order valence-corrected chi connectivity index (χ3v) is 5.33. The molecule has 1 N–H and O–H groups in total. The Kier molecular flexibility index (Phi) is 6.86. The number of anilines is 2. The molecule has 30 heavy (non-hydrogen) atoms. The van der Waals surface area contributed by atoms with Gasteiger partial charge >= 0.3 is 11.5 Å². The van der Waals surface area contributed by atoms with Crippen LogP contribution in [0.3, 0.4) is 0 Å². The van der Waals surface area contributed by atoms with Gasteiger partial charge in [-0.3, -0.25) is 0 Å². The van der Waals surface area contributed by atoms with Crippen LogP contribution in [0, 0.1) is 0 Å². The number of urea groups is 1. The predicted molar refractivity (Wildman–Crippen MR) is 111 cm³/mol. The van der Waals surface area contributed by atoms with Crippen LogP contribution in [0.25, 0.3) is 0 Å². The van der Waals surface area contributed by atoms with Crippen molar-refractivity contribution in [3.05, 3.63) is 42.5 Å². The number of benzene rings is 2. The first-order valence-electron chi connectivity index (χ1n) is 9.18. The molecule has 2 aromatic rings. The fourth-order valence-electron chi connectivity index (χ4n) is 3.17. The van der Waals surface area contributed by atoms with E-state index in [9.17, 15) is 18.0 Å². The Labute approximate surface area is 176 Å². The molecule has 6 nitrogen and oxygen atoms in total. The number of alkyl halides is 3. The Morgan fingerprint density at radius 1 is 1.03 bits per heavy atom. The number of nitrogens with one attached hydrogen (secondary N) is 1. The second kappa shape index (κ2) is 9.38. The summed E-state index contributed by atoms with van der Waals surface area (Å²) in [6, 6.07) is 10.9. The number of thioether (sulfide) groups is 1. The monoisotopic (exact) mass is 441 g/mol. The number of hydrogen-bond donors (Lipinski definition) is 1. The van der Waals surface area contributed by atoms with E-state index in [1.54, 1.807) is 31.3 Å². The molecule has 1 aliphatic rings. The van der Waals surface area contributed by atoms with E-state index in [1.165, 1.54) is 18.2 Å². The standard InChI is InChI=1S/C20H22F3N3O3S/c1-28-15-6-7-17(18(13-15)29-2)25-8-10-26(11-9-25)19(27)24-14-4-3-5-16(12-14)30-20(21,22)23/h3-7,12-13H,8-11H2,1-2H3,(H,24,27). The van der Waals surface area contributed by atoms with Crippen molar-refractivity contribution in [1.29, 1.82) is 0 Å². The summed E-state index contributed by atoms with van der Waals surface area (Å²) in [5.41, 5.74) is -3.13. The summed E-state index contributed by atoms with van der Waals surface area (Å²) in [6.45, 7) is 2.14. The molecule has 0 aliphatic carbocycles. The zero-order valence-electron chi connectivity index (χ0n) is 16.5. The summed E-state index contributed by atoms with van der Waals surface area (Å²) in [5.74, 6) is 1.38. The minimum Gasteiger partial charge on any atom is -0.497 e. The summed E-state index contributed by atoms with van der Waals surface area (Å²) < 4.78 is 48.3. The number of amides is 2. The lowest BCUT2D eigenvalue weighted by Crippen LogP contribution is -2.50. The van der Waals surface area contributed by atoms with Crippen LogP contribution in [-0.2, 0) is 0 Å². The van der Waals surface area contributed by atoms with Gasteiger partial charge < -0.3 is 24.6 Å². The summed E-state index contributed by atoms with van der Waals surface area (Å²) in [5, 5.41) is 2.68. The summed E-state index contributed by atoms with van der Waals surface area (Å²) >= 11 is -0.211. The zero-order valence-corrected chi connectivity index (χ0v) is 17.3. The quantitative estimate of drug-likeness (QED) is 0.684. The minimum absolute atomic E-state index is 0.0247. The predicted octanol–water partition coefficient (Wildman–Crippen LogP) is 4.67. The molecule has 0 atom stereocenters. The van der Waals surface area contributed by atoms with Crippen LogP contribution < -0.4 is 19.7 Å². The Morgan fingerprint density at radius 2 is 1.77 bits per heavy atom. The van der Waals surface area contributed by atoms with Gasteiger partial charge in [0, 0.05) is 42.8 Å². The van der Waals surface area contributed by atoms with Crippen LogP contribution in [0.4, 0.5) is 29.3 Å². The summed E-state index contributed by atoms with van der Waals surface area (Å²) in [4.78, 5) is 16.3. The van der Waals surface area contributed by atoms with E-state index >= 15 is 0 Å². The minimum atomic E-state index is -4.37. The van der Waals surface area contributed by atoms with Crippen molar-refractivity contribution in [1.82, 2.24) is 4.90 Å². The van der Waals surface area contributed by atoms with E-state index in [0.717, 1.165) is 5.69 Å². The second-order valence-electron chi connectivity index (χ2n) is 6.52. The van der Waals surface area contributed by atoms with Gasteiger partial charge in [0.15, 0.2) is 0 Å². The molecule has 1 saturated heterocycles. The van der Waals surface area contributed by atoms with Crippen LogP contribution >= 0.6 is 11.8 Å². The van der Waals surface area contributed by atoms with Crippen molar-refractivity contribution in [3.63, 3.8) is 0 Å². The highest BCUT2D eigenvalue weighted by atomic mass is 32.2. The molecule has 1 aliphatic heterocycles. The Bertz CT molecular complexity index is 887. The number of ether oxygens (including phenoxy) is 2. The fraction of sp³-hybridized carbons (Fsp3) is 0.350. The number of carbonyl (C=O) groups excluding carboxylic acids is 1. The second-order valence-corrected chi connectivity index (χ2v) is 7.66. The molecule has 2 amide bonds. The number of carbonyl (C=O) groups is 1. The molecule has 162 valence electrons. The topological polar surface area (TPSA) is 54.0 Å². The van der Waals surface area contributed by atoms with Crippen LogP contribution in [0.2, 0.25) is 0 Å². The molecular weight excluding hydrogens is 419 g/mol. The molecule has 1 fully saturated rings. The molecule has 10 heteroatoms. The van der Waals surface area contributed by atoms with E-state index in [0.29, 0.717) is 43.4 Å². The van der Waals surface area contributed by atoms with Crippen LogP contribution in [0.5, 0.6) is 11.5 Å². The molecule has 2 aromatic carbocycles. The first-order valence-corrected chi connectivity index (χ1v) is 9.99. The first-order chi connectivity index (χ1) is 14.3. The van der Waals surface area contributed by atoms with Gasteiger partial charge in [0.1, 0.15) is 11.5 Å². The van der Waals surface area contributed by atoms with Crippen molar-refractivity contribution < 1.29 is 27.4 Å². The van der Waals surface area contributed by atoms with Gasteiger partial charge in [-0.25, -0.2) is 4.79 Å². The molecule has 1 heterocycles. The maximum atomic E-state index is 12.5. The third-order valence-electron chi connectivity index (χ3n) is 4.61. The van der Waals surface area contributed by atoms with Gasteiger partial charge in [-0.15, -0.1) is 0 Å². The van der Waals surface area contributed by atoms with Gasteiger partial charge in [-0.1, -0.05) is 6.07 Å². The number of nitrogens with zero attached hydrogens (tertiary/aromatic N) is 2. The maximum Gasteiger partial charge on any atom is 0.446 e. The number of methoxy groups -OCH3 is 2. The third kappa shape index (κ3) is 5.65. The first kappa shape index (κ1) is 21.9. The lowest BCUT2D eigenvalue weighted by atomic mass is 10.2. The van der Waals surface area contributed by atoms with Gasteiger partial charge in [0.05, 0.1) is 19.9 Å². The van der Waals surface area contributed by atoms with Crippen molar-refractivity contribution in [2.45, 2.75) is 10.4 Å². The van der Waals surface area contributed by atoms with Gasteiger partial charge in [-0.2, -0.15) is 13.2 Å². The van der Waals surface area contributed by atoms with E-state index in [4.69, 9.17) is 9.47 Å². The SMILES string of the molecule is COc1ccc(N2CCN(C(=O)Nc3cccc(SC(F)(F)F)c3)CC2)c(OC)c1. The van der Waals surface area contributed by atoms with Crippen molar-refractivity contribution in [3.8, 4) is 11.5 Å². The molecule has 0 bridgehead atoms. The van der Waals surface area contributed by atoms with Crippen molar-refractivity contribution in [2.24, 2.45) is 0 Å². The highest BCUT2D eigenvalue weighted by molar-refractivity contribution is 8.00. The number of halogens is 3. The molecule has 0 saturated carbocycles. The average molecular weight is 441 g/mol. The van der Waals surface area contributed by atoms with Gasteiger partial charge in [0.25, 0.3) is 0 Å². The molecule has 3 rings (SSSR count). The Hall–Kier alpha value is -2.75. The normalized spacial score (nSPS) is 14.4. The lowest BCUT2D eigenvalue weighted by Gasteiger charge is -2.36. The Morgan fingerprint density at radius 3 is 2.40 bits per heavy atom. The number of piperazine rings is 1. The fourth-order valence-corrected chi connectivity index (χ4v) is 3.77. The van der Waals surface area contributed by atoms with E-state index in [-0.39, 0.29) is 22.7 Å². The summed E-state index contributed by atoms with van der Waals surface area (Å²) in [6.07, 6.45) is 0. The summed E-state index contributed by atoms with van der Waals surface area (Å²) in [7, 11) is 3.18. The maximum absolute atomic E-state index is 12.5. The lowest BCUT2D eigenvalue weighted by molar-refractivity contribution is -0.0328. The van der Waals surface area contributed by atoms with Crippen LogP contribution in [0.1, 0.15) is 0 Å². The number of rotatable bonds is 5. The van der Waals surface area contributed by atoms with Gasteiger partial charge in [0.2, 0.25) is 0 Å². The molecular formula is C20H22F3N3O3S.